The lowest BCUT2D eigenvalue weighted by Gasteiger charge is -2.10. The number of halogens is 1. The Morgan fingerprint density at radius 2 is 2.14 bits per heavy atom. The predicted molar refractivity (Wildman–Crippen MR) is 59.8 cm³/mol. The number of aryl methyl sites for hydroxylation is 1. The Labute approximate surface area is 89.3 Å². The van der Waals surface area contributed by atoms with E-state index in [1.165, 1.54) is 0 Å². The average Bonchev–Trinajstić information content (AvgIpc) is 2.18. The summed E-state index contributed by atoms with van der Waals surface area (Å²) in [6.07, 6.45) is 0.896. The Bertz CT molecular complexity index is 323. The van der Waals surface area contributed by atoms with Gasteiger partial charge in [-0.15, -0.1) is 11.6 Å². The molecule has 0 bridgehead atoms. The van der Waals surface area contributed by atoms with E-state index < -0.39 is 5.38 Å². The molecule has 0 heterocycles. The van der Waals surface area contributed by atoms with E-state index in [0.717, 1.165) is 17.7 Å². The maximum atomic E-state index is 11.3. The fraction of sp³-hybridized carbons (Fsp3) is 0.364. The van der Waals surface area contributed by atoms with Crippen molar-refractivity contribution in [1.82, 2.24) is 0 Å². The first-order valence-electron chi connectivity index (χ1n) is 4.68. The monoisotopic (exact) mass is 211 g/mol. The minimum Gasteiger partial charge on any atom is -0.325 e. The number of para-hydroxylation sites is 1. The zero-order valence-electron chi connectivity index (χ0n) is 8.38. The van der Waals surface area contributed by atoms with E-state index in [2.05, 4.69) is 12.2 Å². The van der Waals surface area contributed by atoms with Crippen LogP contribution < -0.4 is 5.32 Å². The molecule has 1 aromatic carbocycles. The minimum absolute atomic E-state index is 0.160. The third-order valence-electron chi connectivity index (χ3n) is 2.02. The van der Waals surface area contributed by atoms with Crippen LogP contribution in [0.4, 0.5) is 5.69 Å². The molecule has 1 aromatic rings. The van der Waals surface area contributed by atoms with Crippen LogP contribution in [0, 0.1) is 0 Å². The van der Waals surface area contributed by atoms with Crippen LogP contribution >= 0.6 is 11.6 Å². The number of nitrogens with one attached hydrogen (secondary N) is 1. The third kappa shape index (κ3) is 2.74. The maximum absolute atomic E-state index is 11.3. The van der Waals surface area contributed by atoms with E-state index in [-0.39, 0.29) is 5.91 Å². The summed E-state index contributed by atoms with van der Waals surface area (Å²) in [5, 5.41) is 2.29. The molecule has 1 amide bonds. The number of carbonyl (C=O) groups excluding carboxylic acids is 1. The van der Waals surface area contributed by atoms with Crippen LogP contribution in [0.15, 0.2) is 24.3 Å². The number of amides is 1. The van der Waals surface area contributed by atoms with Crippen molar-refractivity contribution in [2.75, 3.05) is 5.32 Å². The molecule has 0 radical (unpaired) electrons. The lowest BCUT2D eigenvalue weighted by atomic mass is 10.1. The van der Waals surface area contributed by atoms with Gasteiger partial charge in [-0.05, 0) is 25.0 Å². The molecule has 0 spiro atoms. The Morgan fingerprint density at radius 3 is 2.71 bits per heavy atom. The summed E-state index contributed by atoms with van der Waals surface area (Å²) in [5.41, 5.74) is 1.98. The first kappa shape index (κ1) is 11.1. The van der Waals surface area contributed by atoms with Crippen molar-refractivity contribution in [3.63, 3.8) is 0 Å². The van der Waals surface area contributed by atoms with E-state index in [9.17, 15) is 4.79 Å². The van der Waals surface area contributed by atoms with Gasteiger partial charge in [0.05, 0.1) is 0 Å². The van der Waals surface area contributed by atoms with Crippen molar-refractivity contribution in [2.45, 2.75) is 25.6 Å². The molecule has 0 aliphatic carbocycles. The van der Waals surface area contributed by atoms with Gasteiger partial charge in [-0.25, -0.2) is 0 Å². The number of benzene rings is 1. The average molecular weight is 212 g/mol. The number of hydrogen-bond acceptors (Lipinski definition) is 1. The molecule has 0 aliphatic rings. The zero-order chi connectivity index (χ0) is 10.6. The summed E-state index contributed by atoms with van der Waals surface area (Å²) in [7, 11) is 0. The molecule has 1 atom stereocenters. The molecule has 3 heteroatoms. The van der Waals surface area contributed by atoms with Crippen molar-refractivity contribution in [3.05, 3.63) is 29.8 Å². The van der Waals surface area contributed by atoms with Gasteiger partial charge in [0.15, 0.2) is 0 Å². The summed E-state index contributed by atoms with van der Waals surface area (Å²) in [4.78, 5) is 11.3. The highest BCUT2D eigenvalue weighted by molar-refractivity contribution is 6.32. The van der Waals surface area contributed by atoms with Crippen molar-refractivity contribution < 1.29 is 4.79 Å². The summed E-state index contributed by atoms with van der Waals surface area (Å²) in [5.74, 6) is -0.160. The number of carbonyl (C=O) groups is 1. The molecule has 0 saturated carbocycles. The second kappa shape index (κ2) is 5.01. The molecule has 2 nitrogen and oxygen atoms in total. The van der Waals surface area contributed by atoms with Crippen LogP contribution in [0.25, 0.3) is 0 Å². The number of alkyl halides is 1. The van der Waals surface area contributed by atoms with Crippen LogP contribution in [-0.2, 0) is 11.2 Å². The SMILES string of the molecule is CCc1ccccc1NC(=O)C(C)Cl. The molecule has 0 aromatic heterocycles. The van der Waals surface area contributed by atoms with Gasteiger partial charge >= 0.3 is 0 Å². The molecular weight excluding hydrogens is 198 g/mol. The van der Waals surface area contributed by atoms with E-state index >= 15 is 0 Å². The molecule has 1 rings (SSSR count). The molecule has 14 heavy (non-hydrogen) atoms. The first-order chi connectivity index (χ1) is 6.65. The topological polar surface area (TPSA) is 29.1 Å². The number of hydrogen-bond donors (Lipinski definition) is 1. The fourth-order valence-corrected chi connectivity index (χ4v) is 1.24. The number of anilines is 1. The maximum Gasteiger partial charge on any atom is 0.242 e. The Morgan fingerprint density at radius 1 is 1.50 bits per heavy atom. The van der Waals surface area contributed by atoms with Crippen LogP contribution in [0.3, 0.4) is 0 Å². The van der Waals surface area contributed by atoms with Crippen LogP contribution in [0.5, 0.6) is 0 Å². The number of rotatable bonds is 3. The lowest BCUT2D eigenvalue weighted by Crippen LogP contribution is -2.20. The molecule has 0 saturated heterocycles. The van der Waals surface area contributed by atoms with Gasteiger partial charge < -0.3 is 5.32 Å². The van der Waals surface area contributed by atoms with Crippen LogP contribution in [0.2, 0.25) is 0 Å². The summed E-state index contributed by atoms with van der Waals surface area (Å²) >= 11 is 5.66. The van der Waals surface area contributed by atoms with E-state index in [1.807, 2.05) is 24.3 Å². The van der Waals surface area contributed by atoms with Crippen LogP contribution in [-0.4, -0.2) is 11.3 Å². The quantitative estimate of drug-likeness (QED) is 0.766. The second-order valence-corrected chi connectivity index (χ2v) is 3.77. The second-order valence-electron chi connectivity index (χ2n) is 3.12. The molecule has 0 aliphatic heterocycles. The third-order valence-corrected chi connectivity index (χ3v) is 2.22. The first-order valence-corrected chi connectivity index (χ1v) is 5.11. The normalized spacial score (nSPS) is 12.2. The summed E-state index contributed by atoms with van der Waals surface area (Å²) in [6.45, 7) is 3.71. The predicted octanol–water partition coefficient (Wildman–Crippen LogP) is 2.81. The van der Waals surface area contributed by atoms with Gasteiger partial charge in [0.1, 0.15) is 5.38 Å². The minimum atomic E-state index is -0.500. The summed E-state index contributed by atoms with van der Waals surface area (Å²) in [6, 6.07) is 7.73. The van der Waals surface area contributed by atoms with Crippen molar-refractivity contribution in [3.8, 4) is 0 Å². The van der Waals surface area contributed by atoms with Crippen molar-refractivity contribution in [1.29, 1.82) is 0 Å². The highest BCUT2D eigenvalue weighted by atomic mass is 35.5. The molecule has 1 unspecified atom stereocenters. The molecule has 1 N–H and O–H groups in total. The van der Waals surface area contributed by atoms with Crippen molar-refractivity contribution in [2.24, 2.45) is 0 Å². The van der Waals surface area contributed by atoms with Gasteiger partial charge in [0.25, 0.3) is 0 Å². The van der Waals surface area contributed by atoms with Gasteiger partial charge in [-0.3, -0.25) is 4.79 Å². The highest BCUT2D eigenvalue weighted by Crippen LogP contribution is 2.16. The molecule has 76 valence electrons. The molecular formula is C11H14ClNO. The van der Waals surface area contributed by atoms with E-state index in [0.29, 0.717) is 0 Å². The Hall–Kier alpha value is -1.02. The Kier molecular flexibility index (Phi) is 3.96. The van der Waals surface area contributed by atoms with Gasteiger partial charge in [0, 0.05) is 5.69 Å². The van der Waals surface area contributed by atoms with Crippen LogP contribution in [0.1, 0.15) is 19.4 Å². The smallest absolute Gasteiger partial charge is 0.242 e. The fourth-order valence-electron chi connectivity index (χ4n) is 1.18. The van der Waals surface area contributed by atoms with Gasteiger partial charge in [0.2, 0.25) is 5.91 Å². The lowest BCUT2D eigenvalue weighted by molar-refractivity contribution is -0.115. The van der Waals surface area contributed by atoms with E-state index in [4.69, 9.17) is 11.6 Å². The van der Waals surface area contributed by atoms with E-state index in [1.54, 1.807) is 6.92 Å². The Balaban J connectivity index is 2.80. The largest absolute Gasteiger partial charge is 0.325 e. The molecule has 0 fully saturated rings. The zero-order valence-corrected chi connectivity index (χ0v) is 9.14. The van der Waals surface area contributed by atoms with Gasteiger partial charge in [-0.1, -0.05) is 25.1 Å². The standard InChI is InChI=1S/C11H14ClNO/c1-3-9-6-4-5-7-10(9)13-11(14)8(2)12/h4-8H,3H2,1-2H3,(H,13,14). The summed E-state index contributed by atoms with van der Waals surface area (Å²) < 4.78 is 0. The van der Waals surface area contributed by atoms with Gasteiger partial charge in [-0.2, -0.15) is 0 Å². The van der Waals surface area contributed by atoms with Crippen molar-refractivity contribution >= 4 is 23.2 Å². The highest BCUT2D eigenvalue weighted by Gasteiger charge is 2.10.